The predicted molar refractivity (Wildman–Crippen MR) is 145 cm³/mol. The fourth-order valence-electron chi connectivity index (χ4n) is 2.99. The fraction of sp³-hybridized carbons (Fsp3) is 0.478. The third kappa shape index (κ3) is 10.6. The number of nitrogens with one attached hydrogen (secondary N) is 1. The van der Waals surface area contributed by atoms with E-state index in [0.29, 0.717) is 11.6 Å². The number of methoxy groups -OCH3 is 2. The number of aliphatic hydroxyl groups excluding tert-OH is 1. The number of hydrogen-bond acceptors (Lipinski definition) is 16. The molecule has 0 saturated carbocycles. The Morgan fingerprint density at radius 3 is 1.79 bits per heavy atom. The van der Waals surface area contributed by atoms with Crippen LogP contribution in [0.1, 0.15) is 0 Å². The lowest BCUT2D eigenvalue weighted by atomic mass is 10.5. The molecule has 16 nitrogen and oxygen atoms in total. The summed E-state index contributed by atoms with van der Waals surface area (Å²) >= 11 is 0. The van der Waals surface area contributed by atoms with Gasteiger partial charge in [0, 0.05) is 26.4 Å². The van der Waals surface area contributed by atoms with Gasteiger partial charge in [0.05, 0.1) is 0 Å². The second-order valence-electron chi connectivity index (χ2n) is 7.54. The summed E-state index contributed by atoms with van der Waals surface area (Å²) in [6.07, 6.45) is 10.6. The molecule has 0 aromatic carbocycles. The lowest BCUT2D eigenvalue weighted by Gasteiger charge is -2.27. The van der Waals surface area contributed by atoms with E-state index in [1.807, 2.05) is 0 Å². The number of nitrogens with two attached hydrogens (primary N) is 2. The number of ether oxygens (including phenoxy) is 5. The zero-order chi connectivity index (χ0) is 28.5. The van der Waals surface area contributed by atoms with Gasteiger partial charge >= 0.3 is 0 Å². The average Bonchev–Trinajstić information content (AvgIpc) is 2.91. The second-order valence-corrected chi connectivity index (χ2v) is 7.54. The van der Waals surface area contributed by atoms with Crippen LogP contribution in [0.15, 0.2) is 12.1 Å². The first-order valence-electron chi connectivity index (χ1n) is 11.4. The van der Waals surface area contributed by atoms with Gasteiger partial charge in [0.1, 0.15) is 83.6 Å². The van der Waals surface area contributed by atoms with Gasteiger partial charge in [0.25, 0.3) is 0 Å². The van der Waals surface area contributed by atoms with Crippen molar-refractivity contribution in [3.05, 3.63) is 12.1 Å². The molecule has 0 spiro atoms. The molecular formula is C23H34N10O6. The Bertz CT molecular complexity index is 1090. The topological polar surface area (TPSA) is 192 Å². The maximum atomic E-state index is 9.18. The van der Waals surface area contributed by atoms with Gasteiger partial charge in [0.2, 0.25) is 11.9 Å². The highest BCUT2D eigenvalue weighted by molar-refractivity contribution is 5.52. The van der Waals surface area contributed by atoms with Crippen LogP contribution in [0.25, 0.3) is 0 Å². The number of aliphatic hydroxyl groups is 1. The Kier molecular flexibility index (Phi) is 13.8. The van der Waals surface area contributed by atoms with Crippen LogP contribution in [0.4, 0.5) is 35.2 Å². The number of rotatable bonds is 19. The number of terminal acetylenes is 2. The molecule has 212 valence electrons. The van der Waals surface area contributed by atoms with Crippen molar-refractivity contribution in [2.75, 3.05) is 106 Å². The molecule has 2 rings (SSSR count). The van der Waals surface area contributed by atoms with Crippen molar-refractivity contribution in [2.45, 2.75) is 0 Å². The number of nitrogens with zero attached hydrogens (tertiary/aromatic N) is 7. The Hall–Kier alpha value is -4.16. The Morgan fingerprint density at radius 1 is 0.769 bits per heavy atom. The highest BCUT2D eigenvalue weighted by atomic mass is 16.5. The molecule has 0 amide bonds. The minimum atomic E-state index is -0.346. The van der Waals surface area contributed by atoms with E-state index in [0.717, 1.165) is 0 Å². The van der Waals surface area contributed by atoms with E-state index in [2.05, 4.69) is 37.1 Å². The number of anilines is 6. The standard InChI is InChI=1S/C23H34N10O6/c1-5-7-37-14-32(22-27-18(24)9-20(29-22)26-11-34)16-39-17-33(15-38-8-6-2)23-28-19(25)10-21(30-23)31(12-35-3)13-36-4/h1-2,9-10,34H,7-8,11-17H2,3-4H3,(H2,25,28,30)(H3,24,26,27,29). The van der Waals surface area contributed by atoms with E-state index in [9.17, 15) is 5.11 Å². The summed E-state index contributed by atoms with van der Waals surface area (Å²) in [5, 5.41) is 11.8. The minimum Gasteiger partial charge on any atom is -0.383 e. The zero-order valence-electron chi connectivity index (χ0n) is 21.9. The van der Waals surface area contributed by atoms with Gasteiger partial charge in [-0.05, 0) is 0 Å². The van der Waals surface area contributed by atoms with E-state index < -0.39 is 0 Å². The monoisotopic (exact) mass is 546 g/mol. The third-order valence-electron chi connectivity index (χ3n) is 4.53. The lowest BCUT2D eigenvalue weighted by molar-refractivity contribution is 0.0763. The van der Waals surface area contributed by atoms with E-state index >= 15 is 0 Å². The van der Waals surface area contributed by atoms with Crippen LogP contribution in [0, 0.1) is 24.7 Å². The molecule has 39 heavy (non-hydrogen) atoms. The molecule has 0 bridgehead atoms. The zero-order valence-corrected chi connectivity index (χ0v) is 21.9. The molecule has 2 aromatic heterocycles. The summed E-state index contributed by atoms with van der Waals surface area (Å²) in [6.45, 7) is 0.0183. The molecule has 16 heteroatoms. The molecule has 2 aromatic rings. The fourth-order valence-corrected chi connectivity index (χ4v) is 2.99. The van der Waals surface area contributed by atoms with E-state index in [-0.39, 0.29) is 83.9 Å². The lowest BCUT2D eigenvalue weighted by Crippen LogP contribution is -2.37. The predicted octanol–water partition coefficient (Wildman–Crippen LogP) is -0.734. The van der Waals surface area contributed by atoms with Crippen molar-refractivity contribution < 1.29 is 28.8 Å². The van der Waals surface area contributed by atoms with Crippen molar-refractivity contribution in [1.29, 1.82) is 0 Å². The van der Waals surface area contributed by atoms with Crippen LogP contribution >= 0.6 is 0 Å². The summed E-state index contributed by atoms with van der Waals surface area (Å²) in [5.74, 6) is 6.32. The van der Waals surface area contributed by atoms with Crippen LogP contribution < -0.4 is 31.5 Å². The maximum absolute atomic E-state index is 9.18. The Balaban J connectivity index is 2.25. The molecule has 0 aliphatic heterocycles. The number of aromatic nitrogens is 4. The van der Waals surface area contributed by atoms with Crippen LogP contribution in [-0.4, -0.2) is 99.6 Å². The summed E-state index contributed by atoms with van der Waals surface area (Å²) < 4.78 is 27.3. The Morgan fingerprint density at radius 2 is 1.28 bits per heavy atom. The number of nitrogen functional groups attached to an aromatic ring is 2. The van der Waals surface area contributed by atoms with Gasteiger partial charge in [-0.25, -0.2) is 0 Å². The SMILES string of the molecule is C#CCOCN(COCN(COCC#C)c1nc(N)cc(N(COC)COC)n1)c1nc(N)cc(NCO)n1. The molecule has 0 radical (unpaired) electrons. The first-order chi connectivity index (χ1) is 18.9. The van der Waals surface area contributed by atoms with Gasteiger partial charge in [-0.1, -0.05) is 11.8 Å². The number of hydrogen-bond donors (Lipinski definition) is 4. The molecule has 0 unspecified atom stereocenters. The van der Waals surface area contributed by atoms with Crippen molar-refractivity contribution >= 4 is 35.2 Å². The molecule has 0 aliphatic carbocycles. The van der Waals surface area contributed by atoms with Gasteiger partial charge in [-0.2, -0.15) is 19.9 Å². The third-order valence-corrected chi connectivity index (χ3v) is 4.53. The second kappa shape index (κ2) is 17.4. The largest absolute Gasteiger partial charge is 0.383 e. The van der Waals surface area contributed by atoms with Crippen LogP contribution in [0.5, 0.6) is 0 Å². The molecule has 2 heterocycles. The summed E-state index contributed by atoms with van der Waals surface area (Å²) in [4.78, 5) is 22.2. The maximum Gasteiger partial charge on any atom is 0.232 e. The highest BCUT2D eigenvalue weighted by Gasteiger charge is 2.18. The van der Waals surface area contributed by atoms with Crippen molar-refractivity contribution in [2.24, 2.45) is 0 Å². The average molecular weight is 547 g/mol. The van der Waals surface area contributed by atoms with Gasteiger partial charge < -0.3 is 50.5 Å². The van der Waals surface area contributed by atoms with Gasteiger partial charge in [-0.15, -0.1) is 12.8 Å². The highest BCUT2D eigenvalue weighted by Crippen LogP contribution is 2.20. The first-order valence-corrected chi connectivity index (χ1v) is 11.4. The smallest absolute Gasteiger partial charge is 0.232 e. The minimum absolute atomic E-state index is 0.00536. The van der Waals surface area contributed by atoms with Crippen molar-refractivity contribution in [1.82, 2.24) is 19.9 Å². The van der Waals surface area contributed by atoms with Gasteiger partial charge in [-0.3, -0.25) is 9.80 Å². The summed E-state index contributed by atoms with van der Waals surface area (Å²) in [7, 11) is 3.10. The van der Waals surface area contributed by atoms with Crippen LogP contribution in [-0.2, 0) is 23.7 Å². The molecule has 6 N–H and O–H groups in total. The first kappa shape index (κ1) is 31.1. The molecule has 0 saturated heterocycles. The van der Waals surface area contributed by atoms with Crippen LogP contribution in [0.3, 0.4) is 0 Å². The quantitative estimate of drug-likeness (QED) is 0.0978. The van der Waals surface area contributed by atoms with Crippen LogP contribution in [0.2, 0.25) is 0 Å². The van der Waals surface area contributed by atoms with Crippen molar-refractivity contribution in [3.8, 4) is 24.7 Å². The molecule has 0 fully saturated rings. The summed E-state index contributed by atoms with van der Waals surface area (Å²) in [5.41, 5.74) is 12.0. The van der Waals surface area contributed by atoms with Crippen molar-refractivity contribution in [3.63, 3.8) is 0 Å². The molecule has 0 atom stereocenters. The van der Waals surface area contributed by atoms with Gasteiger partial charge in [0.15, 0.2) is 0 Å². The van der Waals surface area contributed by atoms with E-state index in [1.165, 1.54) is 6.07 Å². The van der Waals surface area contributed by atoms with E-state index in [1.54, 1.807) is 35.0 Å². The molecule has 0 aliphatic rings. The summed E-state index contributed by atoms with van der Waals surface area (Å²) in [6, 6.07) is 3.05. The van der Waals surface area contributed by atoms with E-state index in [4.69, 9.17) is 48.0 Å². The Labute approximate surface area is 227 Å². The molecular weight excluding hydrogens is 512 g/mol. The normalized spacial score (nSPS) is 10.5.